The highest BCUT2D eigenvalue weighted by Gasteiger charge is 1.99. The minimum absolute atomic E-state index is 0.690. The fraction of sp³-hybridized carbons (Fsp3) is 0.375. The molecule has 4 heteroatoms. The van der Waals surface area contributed by atoms with Gasteiger partial charge in [-0.2, -0.15) is 5.06 Å². The molecule has 0 radical (unpaired) electrons. The Morgan fingerprint density at radius 2 is 2.33 bits per heavy atom. The quantitative estimate of drug-likeness (QED) is 0.586. The Bertz CT molecular complexity index is 255. The van der Waals surface area contributed by atoms with Crippen molar-refractivity contribution in [1.82, 2.24) is 10.0 Å². The molecule has 0 amide bonds. The minimum atomic E-state index is 0.690. The van der Waals surface area contributed by atoms with Crippen LogP contribution in [-0.2, 0) is 11.4 Å². The molecule has 1 heterocycles. The van der Waals surface area contributed by atoms with Crippen molar-refractivity contribution in [3.8, 4) is 0 Å². The Kier molecular flexibility index (Phi) is 3.65. The van der Waals surface area contributed by atoms with Crippen LogP contribution in [0.1, 0.15) is 5.69 Å². The topological polar surface area (TPSA) is 25.4 Å². The summed E-state index contributed by atoms with van der Waals surface area (Å²) in [6, 6.07) is 5.81. The predicted molar refractivity (Wildman–Crippen MR) is 50.4 cm³/mol. The summed E-state index contributed by atoms with van der Waals surface area (Å²) in [6.45, 7) is 0.690. The maximum Gasteiger partial charge on any atom is 0.106 e. The molecule has 12 heavy (non-hydrogen) atoms. The third-order valence-electron chi connectivity index (χ3n) is 1.47. The van der Waals surface area contributed by atoms with Crippen LogP contribution in [0.3, 0.4) is 0 Å². The summed E-state index contributed by atoms with van der Waals surface area (Å²) in [4.78, 5) is 9.23. The molecule has 0 bridgehead atoms. The van der Waals surface area contributed by atoms with Gasteiger partial charge in [0.2, 0.25) is 0 Å². The van der Waals surface area contributed by atoms with Gasteiger partial charge >= 0.3 is 0 Å². The minimum Gasteiger partial charge on any atom is -0.302 e. The summed E-state index contributed by atoms with van der Waals surface area (Å²) in [7, 11) is 3.50. The SMILES string of the molecule is CON(C)Cc1cccc(Br)n1. The summed E-state index contributed by atoms with van der Waals surface area (Å²) >= 11 is 3.30. The van der Waals surface area contributed by atoms with Crippen LogP contribution < -0.4 is 0 Å². The highest BCUT2D eigenvalue weighted by molar-refractivity contribution is 9.10. The van der Waals surface area contributed by atoms with E-state index in [1.807, 2.05) is 25.2 Å². The summed E-state index contributed by atoms with van der Waals surface area (Å²) in [6.07, 6.45) is 0. The third kappa shape index (κ3) is 2.89. The lowest BCUT2D eigenvalue weighted by atomic mass is 10.3. The summed E-state index contributed by atoms with van der Waals surface area (Å²) in [5, 5.41) is 1.72. The van der Waals surface area contributed by atoms with E-state index >= 15 is 0 Å². The molecule has 0 aromatic carbocycles. The van der Waals surface area contributed by atoms with Crippen LogP contribution in [0.15, 0.2) is 22.8 Å². The molecule has 1 rings (SSSR count). The highest BCUT2D eigenvalue weighted by Crippen LogP contribution is 2.07. The second-order valence-corrected chi connectivity index (χ2v) is 3.23. The van der Waals surface area contributed by atoms with Crippen molar-refractivity contribution < 1.29 is 4.84 Å². The monoisotopic (exact) mass is 230 g/mol. The van der Waals surface area contributed by atoms with Gasteiger partial charge in [-0.15, -0.1) is 0 Å². The van der Waals surface area contributed by atoms with Crippen LogP contribution in [0.2, 0.25) is 0 Å². The maximum absolute atomic E-state index is 4.97. The smallest absolute Gasteiger partial charge is 0.106 e. The van der Waals surface area contributed by atoms with Gasteiger partial charge in [0, 0.05) is 7.05 Å². The largest absolute Gasteiger partial charge is 0.302 e. The van der Waals surface area contributed by atoms with E-state index in [0.29, 0.717) is 6.54 Å². The van der Waals surface area contributed by atoms with Crippen molar-refractivity contribution in [2.45, 2.75) is 6.54 Å². The first kappa shape index (κ1) is 9.64. The Balaban J connectivity index is 2.63. The van der Waals surface area contributed by atoms with Gasteiger partial charge in [-0.05, 0) is 28.1 Å². The average Bonchev–Trinajstić information content (AvgIpc) is 2.04. The van der Waals surface area contributed by atoms with Gasteiger partial charge < -0.3 is 4.84 Å². The maximum atomic E-state index is 4.97. The zero-order valence-corrected chi connectivity index (χ0v) is 8.71. The third-order valence-corrected chi connectivity index (χ3v) is 1.91. The van der Waals surface area contributed by atoms with Crippen molar-refractivity contribution in [3.63, 3.8) is 0 Å². The fourth-order valence-electron chi connectivity index (χ4n) is 0.831. The molecule has 0 aliphatic carbocycles. The Hall–Kier alpha value is -0.450. The van der Waals surface area contributed by atoms with Gasteiger partial charge in [0.15, 0.2) is 0 Å². The van der Waals surface area contributed by atoms with E-state index < -0.39 is 0 Å². The first-order valence-electron chi connectivity index (χ1n) is 3.59. The summed E-state index contributed by atoms with van der Waals surface area (Å²) < 4.78 is 0.851. The second kappa shape index (κ2) is 4.54. The van der Waals surface area contributed by atoms with E-state index in [1.54, 1.807) is 12.2 Å². The molecule has 66 valence electrons. The molecule has 0 unspecified atom stereocenters. The zero-order valence-electron chi connectivity index (χ0n) is 7.12. The normalized spacial score (nSPS) is 10.7. The molecular formula is C8H11BrN2O. The van der Waals surface area contributed by atoms with E-state index in [1.165, 1.54) is 0 Å². The van der Waals surface area contributed by atoms with Crippen molar-refractivity contribution in [3.05, 3.63) is 28.5 Å². The lowest BCUT2D eigenvalue weighted by Gasteiger charge is -2.12. The molecule has 0 saturated carbocycles. The number of hydrogen-bond donors (Lipinski definition) is 0. The van der Waals surface area contributed by atoms with Gasteiger partial charge in [-0.1, -0.05) is 6.07 Å². The molecule has 1 aromatic rings. The van der Waals surface area contributed by atoms with Crippen LogP contribution >= 0.6 is 15.9 Å². The van der Waals surface area contributed by atoms with Gasteiger partial charge in [0.25, 0.3) is 0 Å². The van der Waals surface area contributed by atoms with Crippen LogP contribution in [0, 0.1) is 0 Å². The summed E-state index contributed by atoms with van der Waals surface area (Å²) in [5.41, 5.74) is 0.980. The molecular weight excluding hydrogens is 220 g/mol. The number of halogens is 1. The molecule has 0 fully saturated rings. The molecule has 1 aromatic heterocycles. The number of pyridine rings is 1. The van der Waals surface area contributed by atoms with Crippen LogP contribution in [-0.4, -0.2) is 24.2 Å². The van der Waals surface area contributed by atoms with E-state index in [9.17, 15) is 0 Å². The van der Waals surface area contributed by atoms with Gasteiger partial charge in [-0.25, -0.2) is 4.98 Å². The second-order valence-electron chi connectivity index (χ2n) is 2.42. The van der Waals surface area contributed by atoms with Crippen LogP contribution in [0.25, 0.3) is 0 Å². The zero-order chi connectivity index (χ0) is 8.97. The van der Waals surface area contributed by atoms with E-state index in [-0.39, 0.29) is 0 Å². The van der Waals surface area contributed by atoms with Crippen LogP contribution in [0.4, 0.5) is 0 Å². The van der Waals surface area contributed by atoms with Crippen molar-refractivity contribution in [2.24, 2.45) is 0 Å². The Labute approximate surface area is 80.4 Å². The lowest BCUT2D eigenvalue weighted by Crippen LogP contribution is -2.16. The number of rotatable bonds is 3. The van der Waals surface area contributed by atoms with Crippen molar-refractivity contribution in [2.75, 3.05) is 14.2 Å². The predicted octanol–water partition coefficient (Wildman–Crippen LogP) is 1.84. The van der Waals surface area contributed by atoms with Gasteiger partial charge in [-0.3, -0.25) is 0 Å². The lowest BCUT2D eigenvalue weighted by molar-refractivity contribution is -0.117. The fourth-order valence-corrected chi connectivity index (χ4v) is 1.21. The highest BCUT2D eigenvalue weighted by atomic mass is 79.9. The van der Waals surface area contributed by atoms with Crippen molar-refractivity contribution >= 4 is 15.9 Å². The van der Waals surface area contributed by atoms with E-state index in [0.717, 1.165) is 10.3 Å². The molecule has 0 aliphatic heterocycles. The summed E-state index contributed by atoms with van der Waals surface area (Å²) in [5.74, 6) is 0. The Morgan fingerprint density at radius 3 is 2.92 bits per heavy atom. The molecule has 0 atom stereocenters. The number of hydroxylamine groups is 2. The molecule has 0 saturated heterocycles. The standard InChI is InChI=1S/C8H11BrN2O/c1-11(12-2)6-7-4-3-5-8(9)10-7/h3-5H,6H2,1-2H3. The van der Waals surface area contributed by atoms with Crippen LogP contribution in [0.5, 0.6) is 0 Å². The van der Waals surface area contributed by atoms with Gasteiger partial charge in [0.05, 0.1) is 19.3 Å². The molecule has 3 nitrogen and oxygen atoms in total. The number of hydrogen-bond acceptors (Lipinski definition) is 3. The Morgan fingerprint density at radius 1 is 1.58 bits per heavy atom. The van der Waals surface area contributed by atoms with E-state index in [4.69, 9.17) is 4.84 Å². The first-order chi connectivity index (χ1) is 5.72. The number of nitrogens with zero attached hydrogens (tertiary/aromatic N) is 2. The number of aromatic nitrogens is 1. The molecule has 0 N–H and O–H groups in total. The van der Waals surface area contributed by atoms with Gasteiger partial charge in [0.1, 0.15) is 4.60 Å². The molecule has 0 spiro atoms. The molecule has 0 aliphatic rings. The average molecular weight is 231 g/mol. The van der Waals surface area contributed by atoms with Crippen molar-refractivity contribution in [1.29, 1.82) is 0 Å². The first-order valence-corrected chi connectivity index (χ1v) is 4.38. The van der Waals surface area contributed by atoms with E-state index in [2.05, 4.69) is 20.9 Å².